The molecule has 0 spiro atoms. The minimum Gasteiger partial charge on any atom is -0.591 e. The van der Waals surface area contributed by atoms with E-state index in [1.165, 1.54) is 5.56 Å². The molecule has 0 radical (unpaired) electrons. The Kier molecular flexibility index (Phi) is 3.54. The number of pyridine rings is 1. The van der Waals surface area contributed by atoms with E-state index in [0.717, 1.165) is 30.5 Å². The maximum atomic E-state index is 12.0. The topological polar surface area (TPSA) is 48.3 Å². The molecule has 1 aliphatic carbocycles. The molecule has 0 saturated carbocycles. The number of nitrogens with zero attached hydrogens (tertiary/aromatic N) is 2. The summed E-state index contributed by atoms with van der Waals surface area (Å²) in [6.07, 6.45) is 6.70. The van der Waals surface area contributed by atoms with Crippen molar-refractivity contribution in [1.29, 1.82) is 0 Å². The molecule has 0 fully saturated rings. The van der Waals surface area contributed by atoms with Gasteiger partial charge in [-0.1, -0.05) is 4.40 Å². The summed E-state index contributed by atoms with van der Waals surface area (Å²) >= 11 is -1.18. The Bertz CT molecular complexity index is 437. The van der Waals surface area contributed by atoms with Crippen LogP contribution in [0.3, 0.4) is 0 Å². The molecule has 0 N–H and O–H groups in total. The molecule has 3 nitrogen and oxygen atoms in total. The van der Waals surface area contributed by atoms with E-state index >= 15 is 0 Å². The van der Waals surface area contributed by atoms with Gasteiger partial charge < -0.3 is 4.55 Å². The zero-order chi connectivity index (χ0) is 12.5. The van der Waals surface area contributed by atoms with Crippen LogP contribution in [-0.2, 0) is 17.8 Å². The molecular weight excluding hydrogens is 232 g/mol. The highest BCUT2D eigenvalue weighted by Crippen LogP contribution is 2.24. The minimum absolute atomic E-state index is 0.299. The lowest BCUT2D eigenvalue weighted by molar-refractivity contribution is 0.561. The summed E-state index contributed by atoms with van der Waals surface area (Å²) in [6.45, 7) is 5.83. The van der Waals surface area contributed by atoms with Gasteiger partial charge in [-0.2, -0.15) is 0 Å². The number of fused-ring (bicyclic) bond motifs is 1. The second-order valence-corrected chi connectivity index (χ2v) is 7.19. The van der Waals surface area contributed by atoms with E-state index in [9.17, 15) is 4.55 Å². The molecule has 1 unspecified atom stereocenters. The van der Waals surface area contributed by atoms with Gasteiger partial charge in [-0.25, -0.2) is 0 Å². The number of hydrogen-bond acceptors (Lipinski definition) is 3. The van der Waals surface area contributed by atoms with Crippen LogP contribution in [0, 0.1) is 0 Å². The van der Waals surface area contributed by atoms with Gasteiger partial charge in [0.2, 0.25) is 0 Å². The molecule has 1 aliphatic rings. The Morgan fingerprint density at radius 3 is 2.82 bits per heavy atom. The van der Waals surface area contributed by atoms with Crippen molar-refractivity contribution < 1.29 is 4.55 Å². The molecule has 1 heterocycles. The standard InChI is InChI=1S/C13H18N2OS/c1-13(2,3)17(16)15-12-6-4-5-10-7-8-14-9-11(10)12/h7-9H,4-6H2,1-3H3/b15-12+. The molecule has 0 aromatic carbocycles. The summed E-state index contributed by atoms with van der Waals surface area (Å²) in [5.41, 5.74) is 3.31. The van der Waals surface area contributed by atoms with E-state index < -0.39 is 11.4 Å². The van der Waals surface area contributed by atoms with Crippen LogP contribution in [0.15, 0.2) is 22.9 Å². The maximum Gasteiger partial charge on any atom is 0.144 e. The Balaban J connectivity index is 2.33. The molecule has 4 heteroatoms. The maximum absolute atomic E-state index is 12.0. The van der Waals surface area contributed by atoms with E-state index in [1.807, 2.05) is 39.2 Å². The zero-order valence-electron chi connectivity index (χ0n) is 10.6. The van der Waals surface area contributed by atoms with Crippen LogP contribution in [0.4, 0.5) is 0 Å². The molecule has 92 valence electrons. The number of aromatic nitrogens is 1. The van der Waals surface area contributed by atoms with Gasteiger partial charge in [0.1, 0.15) is 21.8 Å². The minimum atomic E-state index is -1.18. The molecule has 0 aliphatic heterocycles. The first-order chi connectivity index (χ1) is 7.98. The Hall–Kier alpha value is -0.870. The number of hydrogen-bond donors (Lipinski definition) is 0. The molecule has 1 aromatic heterocycles. The zero-order valence-corrected chi connectivity index (χ0v) is 11.4. The summed E-state index contributed by atoms with van der Waals surface area (Å²) in [7, 11) is 0. The highest BCUT2D eigenvalue weighted by Gasteiger charge is 2.28. The normalized spacial score (nSPS) is 20.1. The van der Waals surface area contributed by atoms with Crippen LogP contribution < -0.4 is 0 Å². The number of rotatable bonds is 1. The van der Waals surface area contributed by atoms with Crippen LogP contribution in [0.5, 0.6) is 0 Å². The molecule has 17 heavy (non-hydrogen) atoms. The monoisotopic (exact) mass is 250 g/mol. The van der Waals surface area contributed by atoms with Gasteiger partial charge >= 0.3 is 0 Å². The van der Waals surface area contributed by atoms with Crippen molar-refractivity contribution in [3.63, 3.8) is 0 Å². The van der Waals surface area contributed by atoms with Gasteiger partial charge in [0.25, 0.3) is 0 Å². The third kappa shape index (κ3) is 2.87. The van der Waals surface area contributed by atoms with Crippen LogP contribution in [-0.4, -0.2) is 20.0 Å². The summed E-state index contributed by atoms with van der Waals surface area (Å²) in [5, 5.41) is 0. The molecule has 0 amide bonds. The fraction of sp³-hybridized carbons (Fsp3) is 0.538. The number of aryl methyl sites for hydroxylation is 1. The fourth-order valence-electron chi connectivity index (χ4n) is 1.81. The third-order valence-corrected chi connectivity index (χ3v) is 4.23. The van der Waals surface area contributed by atoms with Crippen molar-refractivity contribution >= 4 is 17.1 Å². The first-order valence-corrected chi connectivity index (χ1v) is 7.02. The first kappa shape index (κ1) is 12.6. The van der Waals surface area contributed by atoms with Crippen molar-refractivity contribution in [2.75, 3.05) is 0 Å². The Labute approximate surface area is 106 Å². The quantitative estimate of drug-likeness (QED) is 0.719. The van der Waals surface area contributed by atoms with Gasteiger partial charge in [0.15, 0.2) is 0 Å². The lowest BCUT2D eigenvalue weighted by atomic mass is 9.92. The van der Waals surface area contributed by atoms with Crippen molar-refractivity contribution in [2.45, 2.75) is 44.8 Å². The van der Waals surface area contributed by atoms with Crippen molar-refractivity contribution in [1.82, 2.24) is 4.98 Å². The highest BCUT2D eigenvalue weighted by atomic mass is 32.2. The lowest BCUT2D eigenvalue weighted by Crippen LogP contribution is -2.27. The van der Waals surface area contributed by atoms with E-state index in [2.05, 4.69) is 9.38 Å². The van der Waals surface area contributed by atoms with Crippen molar-refractivity contribution in [3.05, 3.63) is 29.6 Å². The molecule has 1 aromatic rings. The summed E-state index contributed by atoms with van der Waals surface area (Å²) in [6, 6.07) is 2.03. The molecular formula is C13H18N2OS. The molecule has 2 rings (SSSR count). The lowest BCUT2D eigenvalue weighted by Gasteiger charge is -2.21. The van der Waals surface area contributed by atoms with Crippen LogP contribution in [0.2, 0.25) is 0 Å². The van der Waals surface area contributed by atoms with E-state index in [-0.39, 0.29) is 4.75 Å². The Morgan fingerprint density at radius 1 is 1.35 bits per heavy atom. The molecule has 0 bridgehead atoms. The Morgan fingerprint density at radius 2 is 2.12 bits per heavy atom. The van der Waals surface area contributed by atoms with Crippen molar-refractivity contribution in [2.24, 2.45) is 4.40 Å². The van der Waals surface area contributed by atoms with E-state index in [1.54, 1.807) is 0 Å². The SMILES string of the molecule is CC(C)(C)[S+]([O-])/N=C1\CCCc2ccncc21. The van der Waals surface area contributed by atoms with Crippen molar-refractivity contribution in [3.8, 4) is 0 Å². The predicted octanol–water partition coefficient (Wildman–Crippen LogP) is 2.67. The summed E-state index contributed by atoms with van der Waals surface area (Å²) < 4.78 is 16.1. The van der Waals surface area contributed by atoms with E-state index in [4.69, 9.17) is 0 Å². The van der Waals surface area contributed by atoms with Gasteiger partial charge in [-0.3, -0.25) is 4.98 Å². The largest absolute Gasteiger partial charge is 0.591 e. The van der Waals surface area contributed by atoms with Gasteiger partial charge in [0.05, 0.1) is 0 Å². The molecule has 1 atom stereocenters. The van der Waals surface area contributed by atoms with Gasteiger partial charge in [-0.05, 0) is 51.7 Å². The smallest absolute Gasteiger partial charge is 0.144 e. The first-order valence-electron chi connectivity index (χ1n) is 5.91. The average molecular weight is 250 g/mol. The second-order valence-electron chi connectivity index (χ2n) is 5.29. The highest BCUT2D eigenvalue weighted by molar-refractivity contribution is 7.91. The third-order valence-electron chi connectivity index (χ3n) is 2.80. The van der Waals surface area contributed by atoms with Crippen LogP contribution >= 0.6 is 0 Å². The molecule has 0 saturated heterocycles. The van der Waals surface area contributed by atoms with Crippen LogP contribution in [0.1, 0.15) is 44.7 Å². The summed E-state index contributed by atoms with van der Waals surface area (Å²) in [5.74, 6) is 0. The summed E-state index contributed by atoms with van der Waals surface area (Å²) in [4.78, 5) is 4.14. The predicted molar refractivity (Wildman–Crippen MR) is 71.6 cm³/mol. The average Bonchev–Trinajstić information content (AvgIpc) is 2.28. The van der Waals surface area contributed by atoms with Gasteiger partial charge in [-0.15, -0.1) is 0 Å². The van der Waals surface area contributed by atoms with Crippen LogP contribution in [0.25, 0.3) is 0 Å². The fourth-order valence-corrected chi connectivity index (χ4v) is 2.48. The van der Waals surface area contributed by atoms with E-state index in [0.29, 0.717) is 0 Å². The van der Waals surface area contributed by atoms with Gasteiger partial charge in [0, 0.05) is 18.0 Å². The second kappa shape index (κ2) is 4.78.